The minimum Gasteiger partial charge on any atom is -0.444 e. The van der Waals surface area contributed by atoms with Crippen molar-refractivity contribution in [2.45, 2.75) is 39.2 Å². The van der Waals surface area contributed by atoms with E-state index in [9.17, 15) is 13.2 Å². The van der Waals surface area contributed by atoms with Crippen LogP contribution in [0.1, 0.15) is 32.8 Å². The predicted octanol–water partition coefficient (Wildman–Crippen LogP) is 2.53. The van der Waals surface area contributed by atoms with Crippen LogP contribution in [0.3, 0.4) is 0 Å². The first-order valence-electron chi connectivity index (χ1n) is 8.16. The lowest BCUT2D eigenvalue weighted by Gasteiger charge is -2.19. The lowest BCUT2D eigenvalue weighted by atomic mass is 10.1. The number of hydrogen-bond donors (Lipinski definition) is 2. The summed E-state index contributed by atoms with van der Waals surface area (Å²) >= 11 is 0. The summed E-state index contributed by atoms with van der Waals surface area (Å²) in [4.78, 5) is 11.7. The van der Waals surface area contributed by atoms with E-state index in [2.05, 4.69) is 10.0 Å². The molecule has 0 spiro atoms. The van der Waals surface area contributed by atoms with E-state index in [0.717, 1.165) is 12.0 Å². The van der Waals surface area contributed by atoms with Crippen molar-refractivity contribution in [1.29, 1.82) is 0 Å². The fourth-order valence-electron chi connectivity index (χ4n) is 1.96. The Morgan fingerprint density at radius 3 is 2.36 bits per heavy atom. The van der Waals surface area contributed by atoms with Crippen molar-refractivity contribution in [1.82, 2.24) is 4.72 Å². The summed E-state index contributed by atoms with van der Waals surface area (Å²) in [6, 6.07) is 7.38. The molecule has 0 saturated carbocycles. The number of hydrogen-bond acceptors (Lipinski definition) is 5. The van der Waals surface area contributed by atoms with Gasteiger partial charge in [0.1, 0.15) is 5.60 Å². The summed E-state index contributed by atoms with van der Waals surface area (Å²) in [5.74, 6) is -0.0332. The van der Waals surface area contributed by atoms with E-state index < -0.39 is 21.7 Å². The maximum absolute atomic E-state index is 11.7. The van der Waals surface area contributed by atoms with E-state index in [-0.39, 0.29) is 12.4 Å². The Labute approximate surface area is 150 Å². The summed E-state index contributed by atoms with van der Waals surface area (Å²) < 4.78 is 35.7. The standard InChI is InChI=1S/C17H28N2O5S/c1-17(2,3)24-16(20)19-15-9-7-14(8-10-15)6-5-11-18-25(21,22)13-12-23-4/h7-10,18H,5-6,11-13H2,1-4H3,(H,19,20). The second-order valence-corrected chi connectivity index (χ2v) is 8.56. The highest BCUT2D eigenvalue weighted by molar-refractivity contribution is 7.89. The number of ether oxygens (including phenoxy) is 2. The van der Waals surface area contributed by atoms with E-state index in [4.69, 9.17) is 9.47 Å². The highest BCUT2D eigenvalue weighted by atomic mass is 32.2. The molecule has 1 aromatic rings. The number of benzene rings is 1. The van der Waals surface area contributed by atoms with Gasteiger partial charge in [-0.2, -0.15) is 0 Å². The molecule has 0 radical (unpaired) electrons. The molecule has 142 valence electrons. The van der Waals surface area contributed by atoms with Gasteiger partial charge in [-0.15, -0.1) is 0 Å². The Morgan fingerprint density at radius 1 is 1.16 bits per heavy atom. The topological polar surface area (TPSA) is 93.7 Å². The molecular weight excluding hydrogens is 344 g/mol. The lowest BCUT2D eigenvalue weighted by Crippen LogP contribution is -2.29. The highest BCUT2D eigenvalue weighted by Gasteiger charge is 2.16. The highest BCUT2D eigenvalue weighted by Crippen LogP contribution is 2.13. The Kier molecular flexibility index (Phi) is 8.34. The maximum Gasteiger partial charge on any atom is 0.412 e. The largest absolute Gasteiger partial charge is 0.444 e. The van der Waals surface area contributed by atoms with Gasteiger partial charge in [-0.25, -0.2) is 17.9 Å². The summed E-state index contributed by atoms with van der Waals surface area (Å²) in [6.07, 6.45) is 0.926. The molecule has 0 aliphatic carbocycles. The second-order valence-electron chi connectivity index (χ2n) is 6.63. The number of carbonyl (C=O) groups excluding carboxylic acids is 1. The maximum atomic E-state index is 11.7. The molecule has 0 unspecified atom stereocenters. The molecule has 1 amide bonds. The van der Waals surface area contributed by atoms with Gasteiger partial charge in [0, 0.05) is 19.3 Å². The van der Waals surface area contributed by atoms with Crippen LogP contribution in [0.25, 0.3) is 0 Å². The minimum atomic E-state index is -3.27. The van der Waals surface area contributed by atoms with Gasteiger partial charge in [0.25, 0.3) is 0 Å². The molecule has 0 atom stereocenters. The van der Waals surface area contributed by atoms with Gasteiger partial charge in [-0.3, -0.25) is 5.32 Å². The summed E-state index contributed by atoms with van der Waals surface area (Å²) in [6.45, 7) is 5.98. The quantitative estimate of drug-likeness (QED) is 0.650. The number of sulfonamides is 1. The molecule has 1 aromatic carbocycles. The smallest absolute Gasteiger partial charge is 0.412 e. The molecule has 7 nitrogen and oxygen atoms in total. The van der Waals surface area contributed by atoms with Crippen molar-refractivity contribution in [2.75, 3.05) is 31.3 Å². The van der Waals surface area contributed by atoms with E-state index in [1.165, 1.54) is 7.11 Å². The van der Waals surface area contributed by atoms with Gasteiger partial charge in [-0.05, 0) is 51.3 Å². The minimum absolute atomic E-state index is 0.0332. The molecule has 0 saturated heterocycles. The Bertz CT molecular complexity index is 636. The van der Waals surface area contributed by atoms with Crippen LogP contribution in [-0.4, -0.2) is 46.1 Å². The van der Waals surface area contributed by atoms with Crippen molar-refractivity contribution in [3.8, 4) is 0 Å². The number of anilines is 1. The van der Waals surface area contributed by atoms with E-state index >= 15 is 0 Å². The van der Waals surface area contributed by atoms with Crippen molar-refractivity contribution in [3.63, 3.8) is 0 Å². The third-order valence-corrected chi connectivity index (χ3v) is 4.47. The van der Waals surface area contributed by atoms with Gasteiger partial charge in [-0.1, -0.05) is 12.1 Å². The number of amides is 1. The average Bonchev–Trinajstić information content (AvgIpc) is 2.49. The summed E-state index contributed by atoms with van der Waals surface area (Å²) in [5, 5.41) is 2.67. The van der Waals surface area contributed by atoms with Crippen molar-refractivity contribution >= 4 is 21.8 Å². The first kappa shape index (κ1) is 21.4. The predicted molar refractivity (Wildman–Crippen MR) is 98.3 cm³/mol. The molecule has 25 heavy (non-hydrogen) atoms. The third-order valence-electron chi connectivity index (χ3n) is 3.12. The molecule has 0 fully saturated rings. The fraction of sp³-hybridized carbons (Fsp3) is 0.588. The van der Waals surface area contributed by atoms with Crippen LogP contribution in [0, 0.1) is 0 Å². The molecular formula is C17H28N2O5S. The Hall–Kier alpha value is -1.64. The molecule has 0 aliphatic heterocycles. The number of rotatable bonds is 9. The Balaban J connectivity index is 2.36. The molecule has 0 aromatic heterocycles. The molecule has 1 rings (SSSR count). The van der Waals surface area contributed by atoms with Crippen molar-refractivity contribution in [2.24, 2.45) is 0 Å². The van der Waals surface area contributed by atoms with Gasteiger partial charge in [0.2, 0.25) is 10.0 Å². The van der Waals surface area contributed by atoms with Crippen LogP contribution in [0.15, 0.2) is 24.3 Å². The molecule has 0 heterocycles. The van der Waals surface area contributed by atoms with Crippen molar-refractivity contribution in [3.05, 3.63) is 29.8 Å². The molecule has 8 heteroatoms. The first-order chi connectivity index (χ1) is 11.6. The van der Waals surface area contributed by atoms with Gasteiger partial charge < -0.3 is 9.47 Å². The van der Waals surface area contributed by atoms with Gasteiger partial charge in [0.05, 0.1) is 12.4 Å². The summed E-state index contributed by atoms with van der Waals surface area (Å²) in [7, 11) is -1.80. The fourth-order valence-corrected chi connectivity index (χ4v) is 2.95. The van der Waals surface area contributed by atoms with Crippen LogP contribution in [0.4, 0.5) is 10.5 Å². The van der Waals surface area contributed by atoms with Crippen LogP contribution in [0.5, 0.6) is 0 Å². The zero-order valence-corrected chi connectivity index (χ0v) is 16.1. The number of aryl methyl sites for hydroxylation is 1. The average molecular weight is 372 g/mol. The second kappa shape index (κ2) is 9.74. The number of carbonyl (C=O) groups is 1. The number of methoxy groups -OCH3 is 1. The SMILES string of the molecule is COCCS(=O)(=O)NCCCc1ccc(NC(=O)OC(C)(C)C)cc1. The zero-order valence-electron chi connectivity index (χ0n) is 15.3. The van der Waals surface area contributed by atoms with E-state index in [0.29, 0.717) is 18.7 Å². The van der Waals surface area contributed by atoms with Crippen molar-refractivity contribution < 1.29 is 22.7 Å². The zero-order chi connectivity index (χ0) is 18.9. The first-order valence-corrected chi connectivity index (χ1v) is 9.82. The molecule has 2 N–H and O–H groups in total. The van der Waals surface area contributed by atoms with E-state index in [1.54, 1.807) is 32.9 Å². The molecule has 0 bridgehead atoms. The van der Waals surface area contributed by atoms with Gasteiger partial charge >= 0.3 is 6.09 Å². The van der Waals surface area contributed by atoms with Gasteiger partial charge in [0.15, 0.2) is 0 Å². The number of nitrogens with one attached hydrogen (secondary N) is 2. The lowest BCUT2D eigenvalue weighted by molar-refractivity contribution is 0.0636. The summed E-state index contributed by atoms with van der Waals surface area (Å²) in [5.41, 5.74) is 1.17. The van der Waals surface area contributed by atoms with Crippen LogP contribution >= 0.6 is 0 Å². The van der Waals surface area contributed by atoms with Crippen LogP contribution < -0.4 is 10.0 Å². The van der Waals surface area contributed by atoms with Crippen LogP contribution in [0.2, 0.25) is 0 Å². The third kappa shape index (κ3) is 10.1. The Morgan fingerprint density at radius 2 is 1.80 bits per heavy atom. The van der Waals surface area contributed by atoms with E-state index in [1.807, 2.05) is 12.1 Å². The van der Waals surface area contributed by atoms with Crippen LogP contribution in [-0.2, 0) is 25.9 Å². The monoisotopic (exact) mass is 372 g/mol. The molecule has 0 aliphatic rings. The normalized spacial score (nSPS) is 12.0.